The fourth-order valence-corrected chi connectivity index (χ4v) is 2.23. The maximum atomic E-state index is 12.8. The summed E-state index contributed by atoms with van der Waals surface area (Å²) in [4.78, 5) is 14.1. The van der Waals surface area contributed by atoms with Gasteiger partial charge in [0.15, 0.2) is 5.78 Å². The Balaban J connectivity index is 1.86. The van der Waals surface area contributed by atoms with Crippen LogP contribution in [0.4, 0.5) is 4.39 Å². The minimum atomic E-state index is -0.313. The number of hydrogen-bond acceptors (Lipinski definition) is 3. The van der Waals surface area contributed by atoms with Gasteiger partial charge in [0.1, 0.15) is 5.82 Å². The molecule has 98 valence electrons. The highest BCUT2D eigenvalue weighted by atomic mass is 19.1. The molecule has 0 aliphatic carbocycles. The molecule has 0 N–H and O–H groups in total. The van der Waals surface area contributed by atoms with Crippen molar-refractivity contribution in [1.82, 2.24) is 4.90 Å². The molecule has 0 spiro atoms. The fraction of sp³-hybridized carbons (Fsp3) is 0.500. The molecule has 0 unspecified atom stereocenters. The zero-order valence-electron chi connectivity index (χ0n) is 10.6. The molecule has 4 heteroatoms. The van der Waals surface area contributed by atoms with E-state index in [2.05, 4.69) is 4.90 Å². The van der Waals surface area contributed by atoms with Crippen LogP contribution in [0.1, 0.15) is 23.2 Å². The number of Topliss-reactive ketones (excluding diaryl/α,β-unsaturated/α-hetero) is 1. The van der Waals surface area contributed by atoms with Crippen molar-refractivity contribution in [2.45, 2.75) is 18.9 Å². The Hall–Kier alpha value is -1.26. The largest absolute Gasteiger partial charge is 0.381 e. The molecule has 0 radical (unpaired) electrons. The van der Waals surface area contributed by atoms with Gasteiger partial charge in [-0.1, -0.05) is 0 Å². The Labute approximate surface area is 107 Å². The first-order valence-corrected chi connectivity index (χ1v) is 6.23. The second-order valence-corrected chi connectivity index (χ2v) is 4.64. The standard InChI is InChI=1S/C14H18FNO2/c1-18-13-6-8-16(9-7-13)10-14(17)11-2-4-12(15)5-3-11/h2-5,13H,6-10H2,1H3. The van der Waals surface area contributed by atoms with E-state index in [1.165, 1.54) is 12.1 Å². The van der Waals surface area contributed by atoms with Crippen LogP contribution in [-0.4, -0.2) is 43.5 Å². The van der Waals surface area contributed by atoms with E-state index in [0.717, 1.165) is 25.9 Å². The summed E-state index contributed by atoms with van der Waals surface area (Å²) in [7, 11) is 1.73. The molecule has 0 aromatic heterocycles. The van der Waals surface area contributed by atoms with Gasteiger partial charge in [-0.15, -0.1) is 0 Å². The number of ether oxygens (including phenoxy) is 1. The Bertz CT molecular complexity index is 397. The van der Waals surface area contributed by atoms with Gasteiger partial charge >= 0.3 is 0 Å². The van der Waals surface area contributed by atoms with Crippen LogP contribution < -0.4 is 0 Å². The summed E-state index contributed by atoms with van der Waals surface area (Å²) < 4.78 is 18.0. The lowest BCUT2D eigenvalue weighted by molar-refractivity contribution is 0.0401. The predicted octanol–water partition coefficient (Wildman–Crippen LogP) is 2.12. The summed E-state index contributed by atoms with van der Waals surface area (Å²) in [5.41, 5.74) is 0.574. The SMILES string of the molecule is COC1CCN(CC(=O)c2ccc(F)cc2)CC1. The van der Waals surface area contributed by atoms with E-state index in [1.807, 2.05) is 0 Å². The number of likely N-dealkylation sites (tertiary alicyclic amines) is 1. The number of benzene rings is 1. The second-order valence-electron chi connectivity index (χ2n) is 4.64. The maximum Gasteiger partial charge on any atom is 0.176 e. The molecule has 0 amide bonds. The maximum absolute atomic E-state index is 12.8. The van der Waals surface area contributed by atoms with Crippen molar-refractivity contribution in [3.63, 3.8) is 0 Å². The topological polar surface area (TPSA) is 29.5 Å². The Morgan fingerprint density at radius 3 is 2.50 bits per heavy atom. The van der Waals surface area contributed by atoms with Gasteiger partial charge < -0.3 is 4.74 Å². The van der Waals surface area contributed by atoms with E-state index in [0.29, 0.717) is 18.2 Å². The highest BCUT2D eigenvalue weighted by Gasteiger charge is 2.20. The van der Waals surface area contributed by atoms with Crippen LogP contribution in [0.5, 0.6) is 0 Å². The van der Waals surface area contributed by atoms with Crippen molar-refractivity contribution in [2.75, 3.05) is 26.7 Å². The number of hydrogen-bond donors (Lipinski definition) is 0. The highest BCUT2D eigenvalue weighted by molar-refractivity contribution is 5.97. The number of methoxy groups -OCH3 is 1. The number of piperidine rings is 1. The number of halogens is 1. The lowest BCUT2D eigenvalue weighted by Gasteiger charge is -2.30. The first kappa shape index (κ1) is 13.2. The van der Waals surface area contributed by atoms with Crippen molar-refractivity contribution in [3.8, 4) is 0 Å². The fourth-order valence-electron chi connectivity index (χ4n) is 2.23. The lowest BCUT2D eigenvalue weighted by Crippen LogP contribution is -2.39. The molecule has 1 saturated heterocycles. The average molecular weight is 251 g/mol. The Morgan fingerprint density at radius 1 is 1.33 bits per heavy atom. The molecule has 1 aromatic rings. The number of nitrogens with zero attached hydrogens (tertiary/aromatic N) is 1. The molecular formula is C14H18FNO2. The van der Waals surface area contributed by atoms with E-state index in [9.17, 15) is 9.18 Å². The monoisotopic (exact) mass is 251 g/mol. The van der Waals surface area contributed by atoms with Gasteiger partial charge in [-0.05, 0) is 37.1 Å². The van der Waals surface area contributed by atoms with Crippen LogP contribution in [0.15, 0.2) is 24.3 Å². The minimum absolute atomic E-state index is 0.0471. The highest BCUT2D eigenvalue weighted by Crippen LogP contribution is 2.13. The molecule has 0 atom stereocenters. The van der Waals surface area contributed by atoms with Gasteiger partial charge in [0.2, 0.25) is 0 Å². The van der Waals surface area contributed by atoms with Crippen molar-refractivity contribution >= 4 is 5.78 Å². The van der Waals surface area contributed by atoms with Crippen molar-refractivity contribution in [3.05, 3.63) is 35.6 Å². The molecule has 0 saturated carbocycles. The molecule has 1 aromatic carbocycles. The number of ketones is 1. The van der Waals surface area contributed by atoms with Crippen LogP contribution in [0, 0.1) is 5.82 Å². The smallest absolute Gasteiger partial charge is 0.176 e. The molecule has 1 aliphatic heterocycles. The minimum Gasteiger partial charge on any atom is -0.381 e. The van der Waals surface area contributed by atoms with Gasteiger partial charge in [0, 0.05) is 25.8 Å². The summed E-state index contributed by atoms with van der Waals surface area (Å²) in [6, 6.07) is 5.73. The molecule has 1 heterocycles. The third-order valence-electron chi connectivity index (χ3n) is 3.40. The van der Waals surface area contributed by atoms with E-state index in [1.54, 1.807) is 19.2 Å². The number of rotatable bonds is 4. The summed E-state index contributed by atoms with van der Waals surface area (Å²) >= 11 is 0. The van der Waals surface area contributed by atoms with Gasteiger partial charge in [-0.25, -0.2) is 4.39 Å². The summed E-state index contributed by atoms with van der Waals surface area (Å²) in [5.74, 6) is -0.265. The molecule has 3 nitrogen and oxygen atoms in total. The quantitative estimate of drug-likeness (QED) is 0.768. The number of carbonyl (C=O) groups is 1. The van der Waals surface area contributed by atoms with Gasteiger partial charge in [0.05, 0.1) is 12.6 Å². The second kappa shape index (κ2) is 6.07. The summed E-state index contributed by atoms with van der Waals surface area (Å²) in [5, 5.41) is 0. The van der Waals surface area contributed by atoms with Crippen LogP contribution in [0.25, 0.3) is 0 Å². The van der Waals surface area contributed by atoms with Gasteiger partial charge in [-0.2, -0.15) is 0 Å². The van der Waals surface area contributed by atoms with Crippen LogP contribution in [0.3, 0.4) is 0 Å². The summed E-state index contributed by atoms with van der Waals surface area (Å²) in [6.07, 6.45) is 2.25. The van der Waals surface area contributed by atoms with E-state index in [-0.39, 0.29) is 11.6 Å². The predicted molar refractivity (Wildman–Crippen MR) is 67.2 cm³/mol. The van der Waals surface area contributed by atoms with Crippen molar-refractivity contribution < 1.29 is 13.9 Å². The molecular weight excluding hydrogens is 233 g/mol. The molecule has 1 fully saturated rings. The third kappa shape index (κ3) is 3.37. The molecule has 0 bridgehead atoms. The van der Waals surface area contributed by atoms with E-state index >= 15 is 0 Å². The van der Waals surface area contributed by atoms with Crippen molar-refractivity contribution in [1.29, 1.82) is 0 Å². The molecule has 2 rings (SSSR count). The zero-order chi connectivity index (χ0) is 13.0. The normalized spacial score (nSPS) is 17.9. The Kier molecular flexibility index (Phi) is 4.44. The zero-order valence-corrected chi connectivity index (χ0v) is 10.6. The van der Waals surface area contributed by atoms with Crippen LogP contribution in [0.2, 0.25) is 0 Å². The van der Waals surface area contributed by atoms with Gasteiger partial charge in [-0.3, -0.25) is 9.69 Å². The van der Waals surface area contributed by atoms with E-state index < -0.39 is 0 Å². The average Bonchev–Trinajstić information content (AvgIpc) is 2.40. The first-order chi connectivity index (χ1) is 8.69. The third-order valence-corrected chi connectivity index (χ3v) is 3.40. The van der Waals surface area contributed by atoms with Crippen LogP contribution >= 0.6 is 0 Å². The molecule has 1 aliphatic rings. The number of carbonyl (C=O) groups excluding carboxylic acids is 1. The molecule has 18 heavy (non-hydrogen) atoms. The van der Waals surface area contributed by atoms with Crippen molar-refractivity contribution in [2.24, 2.45) is 0 Å². The first-order valence-electron chi connectivity index (χ1n) is 6.23. The van der Waals surface area contributed by atoms with E-state index in [4.69, 9.17) is 4.74 Å². The van der Waals surface area contributed by atoms with Crippen LogP contribution in [-0.2, 0) is 4.74 Å². The van der Waals surface area contributed by atoms with Gasteiger partial charge in [0.25, 0.3) is 0 Å². The Morgan fingerprint density at radius 2 is 1.94 bits per heavy atom. The lowest BCUT2D eigenvalue weighted by atomic mass is 10.1. The summed E-state index contributed by atoms with van der Waals surface area (Å²) in [6.45, 7) is 2.17.